The summed E-state index contributed by atoms with van der Waals surface area (Å²) in [4.78, 5) is 37.7. The van der Waals surface area contributed by atoms with Crippen LogP contribution < -0.4 is 11.1 Å². The fourth-order valence-corrected chi connectivity index (χ4v) is 4.55. The number of carbonyl (C=O) groups is 3. The molecule has 1 aliphatic carbocycles. The van der Waals surface area contributed by atoms with E-state index in [-0.39, 0.29) is 24.2 Å². The summed E-state index contributed by atoms with van der Waals surface area (Å²) in [5, 5.41) is 2.31. The molecule has 1 aromatic rings. The molecular weight excluding hydrogens is 349 g/mol. The highest BCUT2D eigenvalue weighted by Crippen LogP contribution is 2.31. The van der Waals surface area contributed by atoms with Gasteiger partial charge in [-0.2, -0.15) is 0 Å². The molecule has 4 rings (SSSR count). The second-order valence-corrected chi connectivity index (χ2v) is 7.88. The molecule has 3 aliphatic rings. The first-order chi connectivity index (χ1) is 12.9. The largest absolute Gasteiger partial charge is 0.325 e. The third-order valence-corrected chi connectivity index (χ3v) is 6.10. The fourth-order valence-electron chi connectivity index (χ4n) is 4.55. The zero-order valence-electron chi connectivity index (χ0n) is 15.1. The summed E-state index contributed by atoms with van der Waals surface area (Å²) in [6, 6.07) is 4.63. The molecule has 6 nitrogen and oxygen atoms in total. The number of nitrogens with two attached hydrogens (primary N) is 1. The number of halogens is 1. The highest BCUT2D eigenvalue weighted by Gasteiger charge is 2.39. The lowest BCUT2D eigenvalue weighted by Crippen LogP contribution is -2.52. The molecule has 0 aromatic heterocycles. The van der Waals surface area contributed by atoms with Crippen LogP contribution >= 0.6 is 0 Å². The SMILES string of the molecule is N[C@@H]1[C@@H](Cc2ccc3c(c2)CN(C2CCC(=O)NC2=O)C3=O)CCC[C@@H]1F. The summed E-state index contributed by atoms with van der Waals surface area (Å²) in [5.41, 5.74) is 8.56. The number of amides is 3. The van der Waals surface area contributed by atoms with Crippen molar-refractivity contribution in [3.63, 3.8) is 0 Å². The lowest BCUT2D eigenvalue weighted by atomic mass is 9.80. The average molecular weight is 373 g/mol. The number of hydrogen-bond acceptors (Lipinski definition) is 4. The second-order valence-electron chi connectivity index (χ2n) is 7.88. The van der Waals surface area contributed by atoms with E-state index < -0.39 is 24.2 Å². The number of imide groups is 1. The van der Waals surface area contributed by atoms with Crippen LogP contribution in [-0.4, -0.2) is 40.9 Å². The lowest BCUT2D eigenvalue weighted by molar-refractivity contribution is -0.136. The van der Waals surface area contributed by atoms with Gasteiger partial charge in [-0.1, -0.05) is 18.6 Å². The van der Waals surface area contributed by atoms with E-state index in [1.54, 1.807) is 11.0 Å². The molecule has 3 N–H and O–H groups in total. The van der Waals surface area contributed by atoms with Gasteiger partial charge in [0, 0.05) is 24.6 Å². The smallest absolute Gasteiger partial charge is 0.255 e. The standard InChI is InChI=1S/C20H24FN3O3/c21-15-3-1-2-12(18(15)22)8-11-4-5-14-13(9-11)10-24(20(14)27)16-6-7-17(25)23-19(16)26/h4-5,9,12,15-16,18H,1-3,6-8,10,22H2,(H,23,25,26)/t12-,15+,16?,18-/m1/s1. The molecule has 1 saturated heterocycles. The van der Waals surface area contributed by atoms with E-state index in [0.717, 1.165) is 24.0 Å². The number of hydrogen-bond donors (Lipinski definition) is 2. The monoisotopic (exact) mass is 373 g/mol. The number of nitrogens with one attached hydrogen (secondary N) is 1. The van der Waals surface area contributed by atoms with Gasteiger partial charge in [0.05, 0.1) is 0 Å². The van der Waals surface area contributed by atoms with Gasteiger partial charge in [0.25, 0.3) is 5.91 Å². The number of piperidine rings is 1. The predicted molar refractivity (Wildman–Crippen MR) is 96.4 cm³/mol. The number of nitrogens with zero attached hydrogens (tertiary/aromatic N) is 1. The second kappa shape index (κ2) is 7.03. The van der Waals surface area contributed by atoms with E-state index in [4.69, 9.17) is 5.73 Å². The zero-order valence-corrected chi connectivity index (χ0v) is 15.1. The van der Waals surface area contributed by atoms with Crippen molar-refractivity contribution < 1.29 is 18.8 Å². The molecule has 2 aliphatic heterocycles. The van der Waals surface area contributed by atoms with Crippen LogP contribution in [0.2, 0.25) is 0 Å². The summed E-state index contributed by atoms with van der Waals surface area (Å²) in [5.74, 6) is -0.771. The molecule has 0 radical (unpaired) electrons. The van der Waals surface area contributed by atoms with Crippen LogP contribution in [-0.2, 0) is 22.6 Å². The predicted octanol–water partition coefficient (Wildman–Crippen LogP) is 1.46. The van der Waals surface area contributed by atoms with Gasteiger partial charge in [-0.15, -0.1) is 0 Å². The third-order valence-electron chi connectivity index (χ3n) is 6.10. The molecule has 7 heteroatoms. The lowest BCUT2D eigenvalue weighted by Gasteiger charge is -2.31. The van der Waals surface area contributed by atoms with Gasteiger partial charge >= 0.3 is 0 Å². The molecule has 4 atom stereocenters. The highest BCUT2D eigenvalue weighted by molar-refractivity contribution is 6.05. The molecule has 3 amide bonds. The Kier molecular flexibility index (Phi) is 4.72. The summed E-state index contributed by atoms with van der Waals surface area (Å²) < 4.78 is 13.9. The first-order valence-electron chi connectivity index (χ1n) is 9.60. The van der Waals surface area contributed by atoms with Gasteiger partial charge in [0.2, 0.25) is 11.8 Å². The average Bonchev–Trinajstić information content (AvgIpc) is 2.95. The summed E-state index contributed by atoms with van der Waals surface area (Å²) >= 11 is 0. The Labute approximate surface area is 157 Å². The van der Waals surface area contributed by atoms with Crippen LogP contribution in [0.15, 0.2) is 18.2 Å². The van der Waals surface area contributed by atoms with E-state index in [9.17, 15) is 18.8 Å². The Bertz CT molecular complexity index is 797. The van der Waals surface area contributed by atoms with Gasteiger partial charge < -0.3 is 10.6 Å². The molecule has 27 heavy (non-hydrogen) atoms. The molecule has 1 aromatic carbocycles. The van der Waals surface area contributed by atoms with E-state index in [1.165, 1.54) is 0 Å². The van der Waals surface area contributed by atoms with E-state index in [2.05, 4.69) is 5.32 Å². The molecule has 2 heterocycles. The van der Waals surface area contributed by atoms with Gasteiger partial charge in [0.15, 0.2) is 0 Å². The van der Waals surface area contributed by atoms with Crippen LogP contribution in [0.3, 0.4) is 0 Å². The number of benzene rings is 1. The number of carbonyl (C=O) groups excluding carboxylic acids is 3. The first kappa shape index (κ1) is 18.1. The van der Waals surface area contributed by atoms with E-state index in [1.807, 2.05) is 12.1 Å². The number of alkyl halides is 1. The van der Waals surface area contributed by atoms with Crippen LogP contribution in [0, 0.1) is 5.92 Å². The summed E-state index contributed by atoms with van der Waals surface area (Å²) in [6.07, 6.45) is 2.66. The van der Waals surface area contributed by atoms with E-state index >= 15 is 0 Å². The molecule has 144 valence electrons. The van der Waals surface area contributed by atoms with E-state index in [0.29, 0.717) is 31.4 Å². The quantitative estimate of drug-likeness (QED) is 0.785. The minimum Gasteiger partial charge on any atom is -0.325 e. The van der Waals surface area contributed by atoms with Crippen molar-refractivity contribution in [2.75, 3.05) is 0 Å². The van der Waals surface area contributed by atoms with Crippen LogP contribution in [0.25, 0.3) is 0 Å². The van der Waals surface area contributed by atoms with Crippen molar-refractivity contribution in [2.24, 2.45) is 11.7 Å². The third kappa shape index (κ3) is 3.36. The number of fused-ring (bicyclic) bond motifs is 1. The Morgan fingerprint density at radius 3 is 2.78 bits per heavy atom. The summed E-state index contributed by atoms with van der Waals surface area (Å²) in [6.45, 7) is 0.358. The van der Waals surface area contributed by atoms with Crippen LogP contribution in [0.4, 0.5) is 4.39 Å². The van der Waals surface area contributed by atoms with Crippen molar-refractivity contribution in [3.05, 3.63) is 34.9 Å². The maximum Gasteiger partial charge on any atom is 0.255 e. The molecular formula is C20H24FN3O3. The maximum atomic E-state index is 13.9. The molecule has 0 spiro atoms. The Hall–Kier alpha value is -2.28. The number of rotatable bonds is 3. The molecule has 2 fully saturated rings. The van der Waals surface area contributed by atoms with Crippen molar-refractivity contribution in [2.45, 2.75) is 63.3 Å². The molecule has 1 unspecified atom stereocenters. The van der Waals surface area contributed by atoms with Crippen LogP contribution in [0.5, 0.6) is 0 Å². The molecule has 0 bridgehead atoms. The van der Waals surface area contributed by atoms with Crippen molar-refractivity contribution in [1.82, 2.24) is 10.2 Å². The van der Waals surface area contributed by atoms with Crippen LogP contribution in [0.1, 0.15) is 53.6 Å². The topological polar surface area (TPSA) is 92.5 Å². The first-order valence-corrected chi connectivity index (χ1v) is 9.60. The Morgan fingerprint density at radius 2 is 2.00 bits per heavy atom. The minimum absolute atomic E-state index is 0.107. The van der Waals surface area contributed by atoms with Gasteiger partial charge in [0.1, 0.15) is 12.2 Å². The fraction of sp³-hybridized carbons (Fsp3) is 0.550. The highest BCUT2D eigenvalue weighted by atomic mass is 19.1. The minimum atomic E-state index is -0.942. The maximum absolute atomic E-state index is 13.9. The van der Waals surface area contributed by atoms with Crippen molar-refractivity contribution in [1.29, 1.82) is 0 Å². The summed E-state index contributed by atoms with van der Waals surface area (Å²) in [7, 11) is 0. The van der Waals surface area contributed by atoms with Crippen molar-refractivity contribution >= 4 is 17.7 Å². The Balaban J connectivity index is 1.49. The van der Waals surface area contributed by atoms with Gasteiger partial charge in [-0.3, -0.25) is 19.7 Å². The molecule has 1 saturated carbocycles. The van der Waals surface area contributed by atoms with Crippen molar-refractivity contribution in [3.8, 4) is 0 Å². The normalized spacial score (nSPS) is 31.0. The van der Waals surface area contributed by atoms with Gasteiger partial charge in [-0.05, 0) is 48.8 Å². The zero-order chi connectivity index (χ0) is 19.1. The van der Waals surface area contributed by atoms with Gasteiger partial charge in [-0.25, -0.2) is 4.39 Å². The Morgan fingerprint density at radius 1 is 1.19 bits per heavy atom.